The summed E-state index contributed by atoms with van der Waals surface area (Å²) in [4.78, 5) is 12.8. The maximum absolute atomic E-state index is 12.7. The van der Waals surface area contributed by atoms with Crippen LogP contribution in [0.2, 0.25) is 5.02 Å². The van der Waals surface area contributed by atoms with Crippen LogP contribution in [0.1, 0.15) is 22.8 Å². The summed E-state index contributed by atoms with van der Waals surface area (Å²) in [6, 6.07) is 27.7. The Morgan fingerprint density at radius 3 is 1.97 bits per heavy atom. The van der Waals surface area contributed by atoms with Gasteiger partial charge in [0.1, 0.15) is 5.75 Å². The monoisotopic (exact) mass is 557 g/mol. The van der Waals surface area contributed by atoms with Crippen LogP contribution in [0.4, 0.5) is 5.69 Å². The zero-order chi connectivity index (χ0) is 27.4. The first-order valence-corrected chi connectivity index (χ1v) is 14.0. The van der Waals surface area contributed by atoms with Gasteiger partial charge < -0.3 is 4.74 Å². The molecular formula is C30H24ClN3O4S. The molecule has 0 unspecified atom stereocenters. The van der Waals surface area contributed by atoms with Gasteiger partial charge in [-0.3, -0.25) is 9.52 Å². The molecule has 0 atom stereocenters. The Kier molecular flexibility index (Phi) is 7.49. The smallest absolute Gasteiger partial charge is 0.271 e. The highest BCUT2D eigenvalue weighted by molar-refractivity contribution is 7.92. The largest absolute Gasteiger partial charge is 0.494 e. The van der Waals surface area contributed by atoms with E-state index in [1.54, 1.807) is 18.3 Å². The van der Waals surface area contributed by atoms with E-state index in [1.807, 2.05) is 55.5 Å². The van der Waals surface area contributed by atoms with Gasteiger partial charge in [-0.25, -0.2) is 13.8 Å². The first-order chi connectivity index (χ1) is 18.9. The molecule has 5 aromatic rings. The van der Waals surface area contributed by atoms with Crippen molar-refractivity contribution < 1.29 is 17.9 Å². The van der Waals surface area contributed by atoms with Crippen LogP contribution in [0.3, 0.4) is 0 Å². The number of hydrazone groups is 1. The Morgan fingerprint density at radius 1 is 0.846 bits per heavy atom. The molecule has 9 heteroatoms. The number of hydrogen-bond donors (Lipinski definition) is 2. The number of fused-ring (bicyclic) bond motifs is 2. The quantitative estimate of drug-likeness (QED) is 0.127. The highest BCUT2D eigenvalue weighted by Crippen LogP contribution is 2.35. The lowest BCUT2D eigenvalue weighted by atomic mass is 9.97. The second kappa shape index (κ2) is 11.1. The number of amides is 1. The summed E-state index contributed by atoms with van der Waals surface area (Å²) in [5.41, 5.74) is 4.03. The van der Waals surface area contributed by atoms with Crippen molar-refractivity contribution in [2.45, 2.75) is 11.8 Å². The number of rotatable bonds is 8. The lowest BCUT2D eigenvalue weighted by molar-refractivity contribution is 0.0955. The molecule has 0 fully saturated rings. The fraction of sp³-hybridized carbons (Fsp3) is 0.0667. The SMILES string of the molecule is CCOc1ccc(S(=O)(=O)Nc2ccc(C(=O)NN=Cc3c4ccccc4c(Cl)c4ccccc34)cc2)cc1. The highest BCUT2D eigenvalue weighted by Gasteiger charge is 2.15. The molecule has 0 saturated carbocycles. The standard InChI is InChI=1S/C30H24ClN3O4S/c1-2-38-22-15-17-23(18-16-22)39(36,37)34-21-13-11-20(12-14-21)30(35)33-32-19-28-24-7-3-5-9-26(24)29(31)27-10-6-4-8-25(27)28/h3-19,34H,2H2,1H3,(H,33,35). The summed E-state index contributed by atoms with van der Waals surface area (Å²) in [7, 11) is -3.80. The van der Waals surface area contributed by atoms with Gasteiger partial charge in [-0.1, -0.05) is 60.1 Å². The highest BCUT2D eigenvalue weighted by atomic mass is 35.5. The molecule has 0 aromatic heterocycles. The second-order valence-corrected chi connectivity index (χ2v) is 10.7. The van der Waals surface area contributed by atoms with Gasteiger partial charge in [-0.15, -0.1) is 0 Å². The molecule has 0 heterocycles. The molecule has 1 amide bonds. The zero-order valence-electron chi connectivity index (χ0n) is 20.9. The summed E-state index contributed by atoms with van der Waals surface area (Å²) in [5, 5.41) is 8.50. The second-order valence-electron chi connectivity index (χ2n) is 8.61. The van der Waals surface area contributed by atoms with E-state index in [9.17, 15) is 13.2 Å². The molecular weight excluding hydrogens is 534 g/mol. The van der Waals surface area contributed by atoms with Crippen molar-refractivity contribution in [2.75, 3.05) is 11.3 Å². The number of benzene rings is 5. The van der Waals surface area contributed by atoms with E-state index in [0.29, 0.717) is 28.6 Å². The number of hydrogen-bond acceptors (Lipinski definition) is 5. The van der Waals surface area contributed by atoms with Crippen molar-refractivity contribution in [3.05, 3.63) is 113 Å². The number of anilines is 1. The number of carbonyl (C=O) groups is 1. The minimum absolute atomic E-state index is 0.101. The van der Waals surface area contributed by atoms with Crippen molar-refractivity contribution >= 4 is 61.0 Å². The molecule has 0 saturated heterocycles. The fourth-order valence-corrected chi connectivity index (χ4v) is 5.64. The Labute approximate surface area is 231 Å². The van der Waals surface area contributed by atoms with Crippen molar-refractivity contribution in [3.8, 4) is 5.75 Å². The molecule has 0 aliphatic rings. The molecule has 0 radical (unpaired) electrons. The van der Waals surface area contributed by atoms with E-state index in [-0.39, 0.29) is 4.90 Å². The Morgan fingerprint density at radius 2 is 1.41 bits per heavy atom. The summed E-state index contributed by atoms with van der Waals surface area (Å²) >= 11 is 6.65. The van der Waals surface area contributed by atoms with Crippen LogP contribution in [-0.4, -0.2) is 27.1 Å². The number of nitrogens with one attached hydrogen (secondary N) is 2. The van der Waals surface area contributed by atoms with Crippen molar-refractivity contribution in [2.24, 2.45) is 5.10 Å². The maximum Gasteiger partial charge on any atom is 0.271 e. The van der Waals surface area contributed by atoms with Crippen LogP contribution < -0.4 is 14.9 Å². The van der Waals surface area contributed by atoms with Gasteiger partial charge >= 0.3 is 0 Å². The molecule has 2 N–H and O–H groups in total. The Hall–Kier alpha value is -4.40. The molecule has 0 aliphatic carbocycles. The Bertz CT molecular complexity index is 1750. The van der Waals surface area contributed by atoms with Crippen LogP contribution in [0.25, 0.3) is 21.5 Å². The van der Waals surface area contributed by atoms with Gasteiger partial charge in [0.2, 0.25) is 0 Å². The number of carbonyl (C=O) groups excluding carboxylic acids is 1. The normalized spacial score (nSPS) is 11.6. The number of sulfonamides is 1. The maximum atomic E-state index is 12.7. The predicted octanol–water partition coefficient (Wildman–Crippen LogP) is 6.61. The summed E-state index contributed by atoms with van der Waals surface area (Å²) in [6.07, 6.45) is 1.61. The molecule has 0 spiro atoms. The van der Waals surface area contributed by atoms with Crippen LogP contribution in [-0.2, 0) is 10.0 Å². The third-order valence-electron chi connectivity index (χ3n) is 6.11. The van der Waals surface area contributed by atoms with Crippen molar-refractivity contribution in [3.63, 3.8) is 0 Å². The van der Waals surface area contributed by atoms with E-state index >= 15 is 0 Å². The van der Waals surface area contributed by atoms with Gasteiger partial charge in [0.25, 0.3) is 15.9 Å². The third-order valence-corrected chi connectivity index (χ3v) is 7.92. The summed E-state index contributed by atoms with van der Waals surface area (Å²) < 4.78 is 33.3. The number of nitrogens with zero attached hydrogens (tertiary/aromatic N) is 1. The minimum Gasteiger partial charge on any atom is -0.494 e. The first kappa shape index (κ1) is 26.2. The summed E-state index contributed by atoms with van der Waals surface area (Å²) in [6.45, 7) is 2.34. The van der Waals surface area contributed by atoms with E-state index in [4.69, 9.17) is 16.3 Å². The molecule has 196 valence electrons. The van der Waals surface area contributed by atoms with E-state index < -0.39 is 15.9 Å². The fourth-order valence-electron chi connectivity index (χ4n) is 4.25. The Balaban J connectivity index is 1.31. The lowest BCUT2D eigenvalue weighted by Gasteiger charge is -2.11. The topological polar surface area (TPSA) is 96.9 Å². The molecule has 5 aromatic carbocycles. The van der Waals surface area contributed by atoms with E-state index in [2.05, 4.69) is 15.2 Å². The summed E-state index contributed by atoms with van der Waals surface area (Å²) in [5.74, 6) is 0.154. The van der Waals surface area contributed by atoms with Crippen molar-refractivity contribution in [1.29, 1.82) is 0 Å². The molecule has 7 nitrogen and oxygen atoms in total. The van der Waals surface area contributed by atoms with Gasteiger partial charge in [0, 0.05) is 27.6 Å². The zero-order valence-corrected chi connectivity index (χ0v) is 22.5. The first-order valence-electron chi connectivity index (χ1n) is 12.2. The van der Waals surface area contributed by atoms with Gasteiger partial charge in [-0.05, 0) is 66.2 Å². The van der Waals surface area contributed by atoms with Crippen LogP contribution >= 0.6 is 11.6 Å². The molecule has 0 aliphatic heterocycles. The average Bonchev–Trinajstić information content (AvgIpc) is 2.95. The van der Waals surface area contributed by atoms with E-state index in [0.717, 1.165) is 27.1 Å². The minimum atomic E-state index is -3.80. The van der Waals surface area contributed by atoms with Crippen molar-refractivity contribution in [1.82, 2.24) is 5.43 Å². The third kappa shape index (κ3) is 5.57. The van der Waals surface area contributed by atoms with Gasteiger partial charge in [0.05, 0.1) is 22.7 Å². The van der Waals surface area contributed by atoms with Crippen LogP contribution in [0.15, 0.2) is 107 Å². The molecule has 39 heavy (non-hydrogen) atoms. The average molecular weight is 558 g/mol. The molecule has 5 rings (SSSR count). The van der Waals surface area contributed by atoms with Gasteiger partial charge in [0.15, 0.2) is 0 Å². The lowest BCUT2D eigenvalue weighted by Crippen LogP contribution is -2.18. The van der Waals surface area contributed by atoms with E-state index in [1.165, 1.54) is 36.4 Å². The number of halogens is 1. The van der Waals surface area contributed by atoms with Crippen LogP contribution in [0.5, 0.6) is 5.75 Å². The predicted molar refractivity (Wildman–Crippen MR) is 156 cm³/mol. The molecule has 0 bridgehead atoms. The van der Waals surface area contributed by atoms with Crippen LogP contribution in [0, 0.1) is 0 Å². The van der Waals surface area contributed by atoms with Gasteiger partial charge in [-0.2, -0.15) is 5.10 Å². The number of ether oxygens (including phenoxy) is 1.